The molecule has 200 valence electrons. The van der Waals surface area contributed by atoms with Gasteiger partial charge < -0.3 is 20.0 Å². The molecule has 0 amide bonds. The van der Waals surface area contributed by atoms with Crippen LogP contribution in [-0.4, -0.2) is 42.3 Å². The van der Waals surface area contributed by atoms with E-state index in [4.69, 9.17) is 10.5 Å². The molecule has 3 rings (SSSR count). The number of methoxy groups -OCH3 is 1. The van der Waals surface area contributed by atoms with E-state index >= 15 is 0 Å². The van der Waals surface area contributed by atoms with Gasteiger partial charge in [-0.25, -0.2) is 0 Å². The van der Waals surface area contributed by atoms with Gasteiger partial charge in [0.15, 0.2) is 17.3 Å². The molecule has 0 spiro atoms. The maximum Gasteiger partial charge on any atom is 0.573 e. The molecule has 0 radical (unpaired) electrons. The maximum atomic E-state index is 13.0. The lowest BCUT2D eigenvalue weighted by molar-refractivity contribution is -0.275. The first-order valence-corrected chi connectivity index (χ1v) is 12.0. The van der Waals surface area contributed by atoms with Gasteiger partial charge in [0, 0.05) is 22.5 Å². The lowest BCUT2D eigenvalue weighted by Crippen LogP contribution is -2.46. The Hall–Kier alpha value is -3.40. The van der Waals surface area contributed by atoms with Crippen LogP contribution in [0.4, 0.5) is 13.2 Å². The van der Waals surface area contributed by atoms with Crippen molar-refractivity contribution in [2.75, 3.05) is 7.11 Å². The predicted molar refractivity (Wildman–Crippen MR) is 133 cm³/mol. The third-order valence-corrected chi connectivity index (χ3v) is 6.29. The van der Waals surface area contributed by atoms with Crippen molar-refractivity contribution in [2.24, 2.45) is 22.2 Å². The summed E-state index contributed by atoms with van der Waals surface area (Å²) in [6.45, 7) is 7.42. The van der Waals surface area contributed by atoms with E-state index in [2.05, 4.69) is 9.84 Å². The van der Waals surface area contributed by atoms with E-state index in [0.717, 1.165) is 6.29 Å². The molecule has 3 unspecified atom stereocenters. The van der Waals surface area contributed by atoms with Crippen molar-refractivity contribution in [2.45, 2.75) is 59.1 Å². The summed E-state index contributed by atoms with van der Waals surface area (Å²) in [5.74, 6) is -0.774. The Bertz CT molecular complexity index is 1160. The van der Waals surface area contributed by atoms with Gasteiger partial charge in [-0.05, 0) is 36.6 Å². The minimum absolute atomic E-state index is 0.0150. The van der Waals surface area contributed by atoms with Gasteiger partial charge in [0.2, 0.25) is 0 Å². The number of nitrogens with two attached hydrogens (primary N) is 1. The zero-order chi connectivity index (χ0) is 27.5. The number of halogens is 3. The molecule has 2 N–H and O–H groups in total. The topological polar surface area (TPSA) is 94.2 Å². The van der Waals surface area contributed by atoms with E-state index in [1.54, 1.807) is 30.3 Å². The van der Waals surface area contributed by atoms with Gasteiger partial charge in [-0.3, -0.25) is 9.80 Å². The quantitative estimate of drug-likeness (QED) is 0.367. The first kappa shape index (κ1) is 28.2. The summed E-state index contributed by atoms with van der Waals surface area (Å²) >= 11 is 0. The number of hydrogen-bond acceptors (Lipinski definition) is 7. The maximum absolute atomic E-state index is 13.0. The molecule has 7 nitrogen and oxygen atoms in total. The van der Waals surface area contributed by atoms with Crippen LogP contribution in [0.1, 0.15) is 68.2 Å². The van der Waals surface area contributed by atoms with Crippen molar-refractivity contribution in [1.29, 1.82) is 0 Å². The van der Waals surface area contributed by atoms with Crippen LogP contribution in [0.2, 0.25) is 0 Å². The molecule has 1 aliphatic rings. The largest absolute Gasteiger partial charge is 0.573 e. The molecule has 3 atom stereocenters. The van der Waals surface area contributed by atoms with Gasteiger partial charge >= 0.3 is 6.36 Å². The zero-order valence-corrected chi connectivity index (χ0v) is 21.5. The number of alkyl halides is 3. The summed E-state index contributed by atoms with van der Waals surface area (Å²) in [7, 11) is 1.25. The monoisotopic (exact) mass is 519 g/mol. The minimum atomic E-state index is -4.90. The van der Waals surface area contributed by atoms with Crippen molar-refractivity contribution in [3.8, 4) is 11.5 Å². The Balaban J connectivity index is 2.01. The molecular weight excluding hydrogens is 487 g/mol. The zero-order valence-electron chi connectivity index (χ0n) is 21.5. The van der Waals surface area contributed by atoms with Gasteiger partial charge in [-0.2, -0.15) is 5.10 Å². The third-order valence-electron chi connectivity index (χ3n) is 6.29. The lowest BCUT2D eigenvalue weighted by Gasteiger charge is -2.38. The fourth-order valence-electron chi connectivity index (χ4n) is 4.29. The van der Waals surface area contributed by atoms with Crippen LogP contribution in [-0.2, 0) is 4.79 Å². The molecule has 1 aliphatic heterocycles. The Morgan fingerprint density at radius 3 is 2.32 bits per heavy atom. The number of benzene rings is 2. The fraction of sp³-hybridized carbons (Fsp3) is 0.444. The fourth-order valence-corrected chi connectivity index (χ4v) is 4.29. The van der Waals surface area contributed by atoms with Gasteiger partial charge in [0.1, 0.15) is 18.5 Å². The highest BCUT2D eigenvalue weighted by Gasteiger charge is 2.36. The second-order valence-corrected chi connectivity index (χ2v) is 9.97. The number of carbonyl (C=O) groups excluding carboxylic acids is 2. The molecule has 0 bridgehead atoms. The number of nitrogens with zero attached hydrogens (tertiary/aromatic N) is 2. The number of aldehydes is 1. The number of carbonyl (C=O) groups is 2. The molecular formula is C27H32F3N3O4. The summed E-state index contributed by atoms with van der Waals surface area (Å²) in [5, 5.41) is 6.13. The van der Waals surface area contributed by atoms with Crippen LogP contribution in [0.5, 0.6) is 11.5 Å². The van der Waals surface area contributed by atoms with Crippen LogP contribution in [0.15, 0.2) is 47.6 Å². The van der Waals surface area contributed by atoms with Crippen molar-refractivity contribution in [1.82, 2.24) is 5.01 Å². The van der Waals surface area contributed by atoms with Crippen LogP contribution in [0.25, 0.3) is 0 Å². The van der Waals surface area contributed by atoms with Crippen LogP contribution in [0, 0.1) is 11.3 Å². The van der Waals surface area contributed by atoms with E-state index in [1.807, 2.05) is 27.7 Å². The average molecular weight is 520 g/mol. The Kier molecular flexibility index (Phi) is 8.32. The number of ether oxygens (including phenoxy) is 2. The Morgan fingerprint density at radius 2 is 1.81 bits per heavy atom. The summed E-state index contributed by atoms with van der Waals surface area (Å²) in [5.41, 5.74) is 8.04. The van der Waals surface area contributed by atoms with Gasteiger partial charge in [-0.15, -0.1) is 13.2 Å². The highest BCUT2D eigenvalue weighted by atomic mass is 19.4. The molecule has 0 fully saturated rings. The number of rotatable bonds is 8. The Morgan fingerprint density at radius 1 is 1.16 bits per heavy atom. The van der Waals surface area contributed by atoms with Crippen LogP contribution >= 0.6 is 0 Å². The first-order valence-electron chi connectivity index (χ1n) is 12.0. The summed E-state index contributed by atoms with van der Waals surface area (Å²) in [4.78, 5) is 24.6. The molecule has 2 aromatic rings. The van der Waals surface area contributed by atoms with E-state index < -0.39 is 29.7 Å². The second-order valence-electron chi connectivity index (χ2n) is 9.97. The first-order chi connectivity index (χ1) is 17.3. The van der Waals surface area contributed by atoms with Gasteiger partial charge in [0.05, 0.1) is 12.8 Å². The highest BCUT2D eigenvalue weighted by Crippen LogP contribution is 2.36. The normalized spacial score (nSPS) is 19.2. The summed E-state index contributed by atoms with van der Waals surface area (Å²) in [6, 6.07) is 10.4. The summed E-state index contributed by atoms with van der Waals surface area (Å²) in [6.07, 6.45) is -3.97. The van der Waals surface area contributed by atoms with Crippen molar-refractivity contribution in [3.05, 3.63) is 59.2 Å². The lowest BCUT2D eigenvalue weighted by atomic mass is 9.86. The second kappa shape index (κ2) is 10.9. The van der Waals surface area contributed by atoms with E-state index in [9.17, 15) is 22.8 Å². The molecule has 37 heavy (non-hydrogen) atoms. The van der Waals surface area contributed by atoms with E-state index in [0.29, 0.717) is 35.2 Å². The minimum Gasteiger partial charge on any atom is -0.493 e. The highest BCUT2D eigenvalue weighted by molar-refractivity contribution is 6.03. The number of hydrazone groups is 1. The SMILES string of the molecule is CCC1CC(C=O)N(C(N)c2ccc(C(=O)C(C)(C)C)cc2)N=C1c1ccc(OC)c(OC(F)(F)F)c1. The standard InChI is InChI=1S/C27H32F3N3O4/c1-6-16-13-20(15-34)33(25(31)18-9-7-17(8-10-18)24(35)26(2,3)4)32-23(16)19-11-12-21(36-5)22(14-19)37-27(28,29)30/h7-12,14-16,20,25H,6,13,31H2,1-5H3. The van der Waals surface area contributed by atoms with Gasteiger partial charge in [0.25, 0.3) is 0 Å². The molecule has 0 aromatic heterocycles. The summed E-state index contributed by atoms with van der Waals surface area (Å²) < 4.78 is 48.1. The van der Waals surface area contributed by atoms with E-state index in [-0.39, 0.29) is 17.5 Å². The molecule has 2 aromatic carbocycles. The molecule has 1 heterocycles. The third kappa shape index (κ3) is 6.49. The van der Waals surface area contributed by atoms with Crippen molar-refractivity contribution >= 4 is 17.8 Å². The van der Waals surface area contributed by atoms with Crippen LogP contribution in [0.3, 0.4) is 0 Å². The Labute approximate surface area is 214 Å². The number of ketones is 1. The average Bonchev–Trinajstić information content (AvgIpc) is 2.85. The van der Waals surface area contributed by atoms with E-state index in [1.165, 1.54) is 24.3 Å². The predicted octanol–water partition coefficient (Wildman–Crippen LogP) is 5.48. The van der Waals surface area contributed by atoms with Crippen molar-refractivity contribution < 1.29 is 32.2 Å². The number of hydrogen-bond donors (Lipinski definition) is 1. The molecule has 0 saturated carbocycles. The molecule has 10 heteroatoms. The van der Waals surface area contributed by atoms with Crippen LogP contribution < -0.4 is 15.2 Å². The van der Waals surface area contributed by atoms with Crippen molar-refractivity contribution in [3.63, 3.8) is 0 Å². The number of Topliss-reactive ketones (excluding diaryl/α,β-unsaturated/α-hetero) is 1. The van der Waals surface area contributed by atoms with Gasteiger partial charge in [-0.1, -0.05) is 52.0 Å². The molecule has 0 aliphatic carbocycles. The molecule has 0 saturated heterocycles. The smallest absolute Gasteiger partial charge is 0.493 e.